The molecule has 0 bridgehead atoms. The summed E-state index contributed by atoms with van der Waals surface area (Å²) in [5.41, 5.74) is 1.83. The maximum Gasteiger partial charge on any atom is 0.293 e. The number of nitro groups is 1. The maximum absolute atomic E-state index is 12.8. The van der Waals surface area contributed by atoms with Crippen LogP contribution in [0.25, 0.3) is 6.08 Å². The first-order chi connectivity index (χ1) is 16.9. The van der Waals surface area contributed by atoms with Crippen LogP contribution in [-0.2, 0) is 17.9 Å². The van der Waals surface area contributed by atoms with Crippen LogP contribution in [0, 0.1) is 10.1 Å². The van der Waals surface area contributed by atoms with Crippen molar-refractivity contribution in [2.24, 2.45) is 0 Å². The molecule has 1 fully saturated rings. The predicted octanol–water partition coefficient (Wildman–Crippen LogP) is 6.07. The first-order valence-electron chi connectivity index (χ1n) is 10.4. The number of benzene rings is 3. The smallest absolute Gasteiger partial charge is 0.293 e. The van der Waals surface area contributed by atoms with Crippen molar-refractivity contribution < 1.29 is 24.0 Å². The average Bonchev–Trinajstić information content (AvgIpc) is 3.11. The van der Waals surface area contributed by atoms with Crippen molar-refractivity contribution >= 4 is 46.3 Å². The van der Waals surface area contributed by atoms with Crippen LogP contribution in [0.4, 0.5) is 10.5 Å². The number of methoxy groups -OCH3 is 1. The highest BCUT2D eigenvalue weighted by atomic mass is 35.5. The van der Waals surface area contributed by atoms with E-state index in [2.05, 4.69) is 0 Å². The van der Waals surface area contributed by atoms with Crippen molar-refractivity contribution in [1.29, 1.82) is 0 Å². The molecule has 10 heteroatoms. The first kappa shape index (κ1) is 24.3. The zero-order chi connectivity index (χ0) is 24.9. The van der Waals surface area contributed by atoms with E-state index in [0.717, 1.165) is 17.3 Å². The molecule has 178 valence electrons. The molecule has 0 atom stereocenters. The Balaban J connectivity index is 1.49. The molecule has 3 aromatic rings. The van der Waals surface area contributed by atoms with E-state index >= 15 is 0 Å². The highest BCUT2D eigenvalue weighted by Crippen LogP contribution is 2.35. The molecule has 0 aromatic heterocycles. The second kappa shape index (κ2) is 10.6. The zero-order valence-electron chi connectivity index (χ0n) is 18.5. The van der Waals surface area contributed by atoms with Gasteiger partial charge in [-0.25, -0.2) is 0 Å². The lowest BCUT2D eigenvalue weighted by Crippen LogP contribution is -2.27. The van der Waals surface area contributed by atoms with E-state index in [1.54, 1.807) is 66.7 Å². The molecule has 0 saturated carbocycles. The lowest BCUT2D eigenvalue weighted by molar-refractivity contribution is -0.385. The third-order valence-electron chi connectivity index (χ3n) is 5.18. The molecule has 1 heterocycles. The average molecular weight is 511 g/mol. The standard InChI is InChI=1S/C25H19ClN2O6S/c1-33-22-12-17(8-11-21(22)34-15-18-4-2-3-5-20(18)28(31)32)13-23-24(29)27(25(30)35-23)14-16-6-9-19(26)10-7-16/h2-13H,14-15H2,1H3/b23-13-. The molecule has 8 nitrogen and oxygen atoms in total. The van der Waals surface area contributed by atoms with E-state index in [9.17, 15) is 19.7 Å². The Hall–Kier alpha value is -3.82. The van der Waals surface area contributed by atoms with E-state index < -0.39 is 4.92 Å². The third-order valence-corrected chi connectivity index (χ3v) is 6.34. The Morgan fingerprint density at radius 3 is 2.51 bits per heavy atom. The maximum atomic E-state index is 12.8. The largest absolute Gasteiger partial charge is 0.493 e. The van der Waals surface area contributed by atoms with Crippen LogP contribution in [0.5, 0.6) is 11.5 Å². The van der Waals surface area contributed by atoms with Crippen molar-refractivity contribution in [1.82, 2.24) is 4.90 Å². The number of hydrogen-bond acceptors (Lipinski definition) is 7. The second-order valence-corrected chi connectivity index (χ2v) is 8.91. The predicted molar refractivity (Wildman–Crippen MR) is 133 cm³/mol. The number of carbonyl (C=O) groups is 2. The Kier molecular flexibility index (Phi) is 7.38. The summed E-state index contributed by atoms with van der Waals surface area (Å²) in [7, 11) is 1.47. The molecule has 4 rings (SSSR count). The summed E-state index contributed by atoms with van der Waals surface area (Å²) >= 11 is 6.76. The summed E-state index contributed by atoms with van der Waals surface area (Å²) in [4.78, 5) is 37.5. The molecule has 0 spiro atoms. The molecule has 0 aliphatic carbocycles. The van der Waals surface area contributed by atoms with Crippen LogP contribution < -0.4 is 9.47 Å². The molecule has 1 aliphatic rings. The summed E-state index contributed by atoms with van der Waals surface area (Å²) < 4.78 is 11.2. The van der Waals surface area contributed by atoms with Gasteiger partial charge < -0.3 is 9.47 Å². The van der Waals surface area contributed by atoms with Gasteiger partial charge in [0.05, 0.1) is 29.0 Å². The Labute approximate surface area is 210 Å². The number of halogens is 1. The number of hydrogen-bond donors (Lipinski definition) is 0. The fourth-order valence-electron chi connectivity index (χ4n) is 3.42. The first-order valence-corrected chi connectivity index (χ1v) is 11.6. The molecule has 35 heavy (non-hydrogen) atoms. The number of imide groups is 1. The number of nitro benzene ring substituents is 1. The number of nitrogens with zero attached hydrogens (tertiary/aromatic N) is 2. The van der Waals surface area contributed by atoms with Gasteiger partial charge in [0.1, 0.15) is 6.61 Å². The Bertz CT molecular complexity index is 1330. The fourth-order valence-corrected chi connectivity index (χ4v) is 4.38. The Morgan fingerprint density at radius 1 is 1.06 bits per heavy atom. The fraction of sp³-hybridized carbons (Fsp3) is 0.120. The number of para-hydroxylation sites is 1. The van der Waals surface area contributed by atoms with Crippen molar-refractivity contribution in [3.63, 3.8) is 0 Å². The van der Waals surface area contributed by atoms with Gasteiger partial charge in [0.15, 0.2) is 11.5 Å². The minimum absolute atomic E-state index is 0.0174. The molecular formula is C25H19ClN2O6S. The lowest BCUT2D eigenvalue weighted by atomic mass is 10.1. The molecule has 2 amide bonds. The molecule has 3 aromatic carbocycles. The second-order valence-electron chi connectivity index (χ2n) is 7.48. The number of amides is 2. The normalized spacial score (nSPS) is 14.5. The van der Waals surface area contributed by atoms with E-state index in [1.165, 1.54) is 18.1 Å². The SMILES string of the molecule is COc1cc(/C=C2\SC(=O)N(Cc3ccc(Cl)cc3)C2=O)ccc1OCc1ccccc1[N+](=O)[O-]. The van der Waals surface area contributed by atoms with Crippen LogP contribution in [0.3, 0.4) is 0 Å². The van der Waals surface area contributed by atoms with Gasteiger partial charge in [0, 0.05) is 11.1 Å². The number of rotatable bonds is 8. The quantitative estimate of drug-likeness (QED) is 0.206. The molecule has 0 N–H and O–H groups in total. The number of ether oxygens (including phenoxy) is 2. The Morgan fingerprint density at radius 2 is 1.80 bits per heavy atom. The highest BCUT2D eigenvalue weighted by Gasteiger charge is 2.35. The summed E-state index contributed by atoms with van der Waals surface area (Å²) in [5.74, 6) is 0.391. The summed E-state index contributed by atoms with van der Waals surface area (Å²) in [5, 5.41) is 11.4. The molecule has 0 radical (unpaired) electrons. The van der Waals surface area contributed by atoms with Gasteiger partial charge in [-0.05, 0) is 59.3 Å². The minimum Gasteiger partial charge on any atom is -0.493 e. The van der Waals surface area contributed by atoms with Gasteiger partial charge in [0.25, 0.3) is 16.8 Å². The van der Waals surface area contributed by atoms with E-state index in [1.807, 2.05) is 0 Å². The van der Waals surface area contributed by atoms with Gasteiger partial charge in [-0.15, -0.1) is 0 Å². The third kappa shape index (κ3) is 5.64. The lowest BCUT2D eigenvalue weighted by Gasteiger charge is -2.12. The van der Waals surface area contributed by atoms with Gasteiger partial charge >= 0.3 is 0 Å². The van der Waals surface area contributed by atoms with E-state index in [4.69, 9.17) is 21.1 Å². The summed E-state index contributed by atoms with van der Waals surface area (Å²) in [6, 6.07) is 18.3. The van der Waals surface area contributed by atoms with Crippen LogP contribution in [-0.4, -0.2) is 28.1 Å². The minimum atomic E-state index is -0.459. The molecule has 1 aliphatic heterocycles. The van der Waals surface area contributed by atoms with Crippen molar-refractivity contribution in [3.8, 4) is 11.5 Å². The monoisotopic (exact) mass is 510 g/mol. The van der Waals surface area contributed by atoms with Gasteiger partial charge in [-0.1, -0.05) is 41.9 Å². The van der Waals surface area contributed by atoms with Crippen LogP contribution >= 0.6 is 23.4 Å². The van der Waals surface area contributed by atoms with Crippen molar-refractivity contribution in [3.05, 3.63) is 103 Å². The van der Waals surface area contributed by atoms with E-state index in [0.29, 0.717) is 32.6 Å². The summed E-state index contributed by atoms with van der Waals surface area (Å²) in [6.45, 7) is 0.136. The van der Waals surface area contributed by atoms with Crippen LogP contribution in [0.2, 0.25) is 5.02 Å². The number of carbonyl (C=O) groups excluding carboxylic acids is 2. The number of thioether (sulfide) groups is 1. The van der Waals surface area contributed by atoms with Crippen LogP contribution in [0.15, 0.2) is 71.6 Å². The van der Waals surface area contributed by atoms with Gasteiger partial charge in [-0.2, -0.15) is 0 Å². The molecular weight excluding hydrogens is 492 g/mol. The highest BCUT2D eigenvalue weighted by molar-refractivity contribution is 8.18. The van der Waals surface area contributed by atoms with Crippen LogP contribution in [0.1, 0.15) is 16.7 Å². The zero-order valence-corrected chi connectivity index (χ0v) is 20.0. The van der Waals surface area contributed by atoms with Gasteiger partial charge in [-0.3, -0.25) is 24.6 Å². The van der Waals surface area contributed by atoms with Crippen molar-refractivity contribution in [2.45, 2.75) is 13.2 Å². The van der Waals surface area contributed by atoms with Crippen molar-refractivity contribution in [2.75, 3.05) is 7.11 Å². The molecule has 0 unspecified atom stereocenters. The topological polar surface area (TPSA) is 99.0 Å². The summed E-state index contributed by atoms with van der Waals surface area (Å²) in [6.07, 6.45) is 1.61. The van der Waals surface area contributed by atoms with Gasteiger partial charge in [0.2, 0.25) is 0 Å². The molecule has 1 saturated heterocycles. The van der Waals surface area contributed by atoms with E-state index in [-0.39, 0.29) is 30.0 Å².